The molecule has 0 spiro atoms. The average molecular weight is 541 g/mol. The van der Waals surface area contributed by atoms with Gasteiger partial charge in [0.1, 0.15) is 10.6 Å². The van der Waals surface area contributed by atoms with Crippen LogP contribution in [-0.2, 0) is 14.9 Å². The Morgan fingerprint density at radius 2 is 1.39 bits per heavy atom. The Labute approximate surface area is 226 Å². The van der Waals surface area contributed by atoms with Crippen molar-refractivity contribution in [3.63, 3.8) is 0 Å². The van der Waals surface area contributed by atoms with Crippen molar-refractivity contribution in [2.45, 2.75) is 18.7 Å². The highest BCUT2D eigenvalue weighted by molar-refractivity contribution is 8.19. The monoisotopic (exact) mass is 540 g/mol. The summed E-state index contributed by atoms with van der Waals surface area (Å²) in [5, 5.41) is 0.504. The fourth-order valence-electron chi connectivity index (χ4n) is 3.77. The number of aliphatic imine (C=N–C) groups is 1. The summed E-state index contributed by atoms with van der Waals surface area (Å²) in [6, 6.07) is 30.0. The standard InChI is InChI=1S/C30H24N2O4S2/c1-21-12-16-24(17-13-21)31-30-32(25-18-14-22(2)15-19-25)29(33)28(37-30)20-23-8-6-7-11-27(23)36-38(34,35)26-9-4-3-5-10-26/h3-20H,1-2H3/b28-20-,31-30?. The van der Waals surface area contributed by atoms with Crippen LogP contribution >= 0.6 is 11.8 Å². The number of nitrogens with zero attached hydrogens (tertiary/aromatic N) is 2. The molecular weight excluding hydrogens is 516 g/mol. The maximum absolute atomic E-state index is 13.7. The van der Waals surface area contributed by atoms with Gasteiger partial charge < -0.3 is 4.18 Å². The highest BCUT2D eigenvalue weighted by Crippen LogP contribution is 2.38. The van der Waals surface area contributed by atoms with E-state index in [-0.39, 0.29) is 16.6 Å². The number of carbonyl (C=O) groups excluding carboxylic acids is 1. The summed E-state index contributed by atoms with van der Waals surface area (Å²) in [5.74, 6) is -0.131. The van der Waals surface area contributed by atoms with Crippen molar-refractivity contribution in [1.29, 1.82) is 0 Å². The molecule has 38 heavy (non-hydrogen) atoms. The van der Waals surface area contributed by atoms with Crippen molar-refractivity contribution in [2.75, 3.05) is 4.90 Å². The lowest BCUT2D eigenvalue weighted by Gasteiger charge is -2.16. The third-order valence-corrected chi connectivity index (χ3v) is 8.01. The van der Waals surface area contributed by atoms with E-state index in [0.29, 0.717) is 21.3 Å². The third-order valence-electron chi connectivity index (χ3n) is 5.79. The van der Waals surface area contributed by atoms with E-state index in [1.54, 1.807) is 53.4 Å². The van der Waals surface area contributed by atoms with E-state index in [2.05, 4.69) is 0 Å². The second-order valence-electron chi connectivity index (χ2n) is 8.71. The van der Waals surface area contributed by atoms with Gasteiger partial charge in [0.2, 0.25) is 0 Å². The van der Waals surface area contributed by atoms with Gasteiger partial charge in [-0.2, -0.15) is 8.42 Å². The van der Waals surface area contributed by atoms with Crippen molar-refractivity contribution in [3.8, 4) is 5.75 Å². The van der Waals surface area contributed by atoms with Crippen LogP contribution in [0.15, 0.2) is 118 Å². The van der Waals surface area contributed by atoms with Gasteiger partial charge in [-0.1, -0.05) is 71.8 Å². The van der Waals surface area contributed by atoms with Crippen LogP contribution in [0, 0.1) is 13.8 Å². The van der Waals surface area contributed by atoms with Crippen LogP contribution in [-0.4, -0.2) is 19.5 Å². The number of para-hydroxylation sites is 1. The first kappa shape index (κ1) is 25.5. The van der Waals surface area contributed by atoms with Gasteiger partial charge in [-0.25, -0.2) is 4.99 Å². The van der Waals surface area contributed by atoms with Crippen molar-refractivity contribution in [3.05, 3.63) is 125 Å². The molecule has 1 aliphatic rings. The number of anilines is 1. The van der Waals surface area contributed by atoms with Gasteiger partial charge in [0, 0.05) is 5.56 Å². The van der Waals surface area contributed by atoms with Crippen LogP contribution in [0.25, 0.3) is 6.08 Å². The molecule has 0 N–H and O–H groups in total. The lowest BCUT2D eigenvalue weighted by molar-refractivity contribution is -0.113. The molecular formula is C30H24N2O4S2. The highest BCUT2D eigenvalue weighted by atomic mass is 32.2. The summed E-state index contributed by atoms with van der Waals surface area (Å²) >= 11 is 1.23. The molecule has 4 aromatic rings. The second-order valence-corrected chi connectivity index (χ2v) is 11.3. The zero-order valence-electron chi connectivity index (χ0n) is 20.7. The second kappa shape index (κ2) is 10.7. The maximum Gasteiger partial charge on any atom is 0.339 e. The SMILES string of the molecule is Cc1ccc(N=C2S/C(=C\c3ccccc3OS(=O)(=O)c3ccccc3)C(=O)N2c2ccc(C)cc2)cc1. The quantitative estimate of drug-likeness (QED) is 0.197. The molecule has 1 fully saturated rings. The van der Waals surface area contributed by atoms with E-state index >= 15 is 0 Å². The number of aryl methyl sites for hydroxylation is 2. The summed E-state index contributed by atoms with van der Waals surface area (Å²) in [7, 11) is -4.05. The fourth-order valence-corrected chi connectivity index (χ4v) is 5.74. The predicted molar refractivity (Wildman–Crippen MR) is 153 cm³/mol. The molecule has 1 heterocycles. The Hall–Kier alpha value is -4.14. The van der Waals surface area contributed by atoms with Gasteiger partial charge in [-0.3, -0.25) is 9.69 Å². The normalized spacial score (nSPS) is 15.8. The van der Waals surface area contributed by atoms with Crippen LogP contribution < -0.4 is 9.08 Å². The summed E-state index contributed by atoms with van der Waals surface area (Å²) in [6.07, 6.45) is 1.64. The first-order chi connectivity index (χ1) is 18.3. The van der Waals surface area contributed by atoms with Crippen molar-refractivity contribution < 1.29 is 17.4 Å². The Bertz CT molecular complexity index is 1650. The number of thioether (sulfide) groups is 1. The minimum Gasteiger partial charge on any atom is -0.378 e. The van der Waals surface area contributed by atoms with E-state index < -0.39 is 10.1 Å². The topological polar surface area (TPSA) is 76.0 Å². The summed E-state index contributed by atoms with van der Waals surface area (Å²) in [6.45, 7) is 3.99. The van der Waals surface area contributed by atoms with E-state index in [1.165, 1.54) is 23.9 Å². The third kappa shape index (κ3) is 5.56. The van der Waals surface area contributed by atoms with Gasteiger partial charge >= 0.3 is 10.1 Å². The highest BCUT2D eigenvalue weighted by Gasteiger charge is 2.35. The van der Waals surface area contributed by atoms with Gasteiger partial charge in [0.25, 0.3) is 5.91 Å². The molecule has 1 aliphatic heterocycles. The number of amides is 1. The van der Waals surface area contributed by atoms with E-state index in [4.69, 9.17) is 9.18 Å². The number of benzene rings is 4. The summed E-state index contributed by atoms with van der Waals surface area (Å²) in [5.41, 5.74) is 4.07. The minimum atomic E-state index is -4.05. The lowest BCUT2D eigenvalue weighted by Crippen LogP contribution is -2.28. The molecule has 0 saturated carbocycles. The molecule has 5 rings (SSSR count). The van der Waals surface area contributed by atoms with Crippen LogP contribution in [0.5, 0.6) is 5.75 Å². The average Bonchev–Trinajstić information content (AvgIpc) is 3.21. The van der Waals surface area contributed by atoms with Crippen molar-refractivity contribution >= 4 is 50.4 Å². The summed E-state index contributed by atoms with van der Waals surface area (Å²) < 4.78 is 31.2. The molecule has 0 aromatic heterocycles. The van der Waals surface area contributed by atoms with Crippen molar-refractivity contribution in [1.82, 2.24) is 0 Å². The van der Waals surface area contributed by atoms with Gasteiger partial charge in [-0.05, 0) is 74.1 Å². The molecule has 0 bridgehead atoms. The number of amidine groups is 1. The molecule has 0 aliphatic carbocycles. The Kier molecular flexibility index (Phi) is 7.18. The smallest absolute Gasteiger partial charge is 0.339 e. The first-order valence-electron chi connectivity index (χ1n) is 11.8. The largest absolute Gasteiger partial charge is 0.378 e. The van der Waals surface area contributed by atoms with E-state index in [9.17, 15) is 13.2 Å². The van der Waals surface area contributed by atoms with E-state index in [0.717, 1.165) is 16.8 Å². The zero-order valence-corrected chi connectivity index (χ0v) is 22.4. The van der Waals surface area contributed by atoms with Crippen LogP contribution in [0.3, 0.4) is 0 Å². The molecule has 0 radical (unpaired) electrons. The first-order valence-corrected chi connectivity index (χ1v) is 14.1. The molecule has 1 saturated heterocycles. The summed E-state index contributed by atoms with van der Waals surface area (Å²) in [4.78, 5) is 20.4. The minimum absolute atomic E-state index is 0.0480. The van der Waals surface area contributed by atoms with Crippen molar-refractivity contribution in [2.24, 2.45) is 4.99 Å². The fraction of sp³-hybridized carbons (Fsp3) is 0.0667. The number of hydrogen-bond donors (Lipinski definition) is 0. The number of hydrogen-bond acceptors (Lipinski definition) is 6. The Morgan fingerprint density at radius 3 is 2.08 bits per heavy atom. The van der Waals surface area contributed by atoms with Crippen LogP contribution in [0.4, 0.5) is 11.4 Å². The van der Waals surface area contributed by atoms with E-state index in [1.807, 2.05) is 62.4 Å². The molecule has 8 heteroatoms. The Balaban J connectivity index is 1.53. The Morgan fingerprint density at radius 1 is 0.789 bits per heavy atom. The zero-order chi connectivity index (χ0) is 26.7. The molecule has 6 nitrogen and oxygen atoms in total. The number of carbonyl (C=O) groups is 1. The van der Waals surface area contributed by atoms with Gasteiger partial charge in [0.05, 0.1) is 16.3 Å². The van der Waals surface area contributed by atoms with Gasteiger partial charge in [0.15, 0.2) is 5.17 Å². The van der Waals surface area contributed by atoms with Gasteiger partial charge in [-0.15, -0.1) is 0 Å². The molecule has 4 aromatic carbocycles. The predicted octanol–water partition coefficient (Wildman–Crippen LogP) is 6.88. The van der Waals surface area contributed by atoms with Crippen LogP contribution in [0.1, 0.15) is 16.7 Å². The maximum atomic E-state index is 13.7. The molecule has 0 unspecified atom stereocenters. The number of rotatable bonds is 6. The molecule has 0 atom stereocenters. The molecule has 1 amide bonds. The van der Waals surface area contributed by atoms with Crippen LogP contribution in [0.2, 0.25) is 0 Å². The molecule has 190 valence electrons. The lowest BCUT2D eigenvalue weighted by atomic mass is 10.2.